The molecule has 0 N–H and O–H groups in total. The van der Waals surface area contributed by atoms with Crippen LogP contribution >= 0.6 is 0 Å². The van der Waals surface area contributed by atoms with Gasteiger partial charge in [-0.15, -0.1) is 0 Å². The highest BCUT2D eigenvalue weighted by atomic mass is 16.7. The molecule has 312 valence electrons. The van der Waals surface area contributed by atoms with Crippen LogP contribution in [-0.2, 0) is 38.0 Å². The van der Waals surface area contributed by atoms with Crippen LogP contribution in [0.15, 0.2) is 0 Å². The van der Waals surface area contributed by atoms with Gasteiger partial charge < -0.3 is 33.3 Å². The lowest BCUT2D eigenvalue weighted by Gasteiger charge is -2.30. The maximum Gasteiger partial charge on any atom is 0.305 e. The van der Waals surface area contributed by atoms with Crippen LogP contribution in [0.1, 0.15) is 187 Å². The zero-order chi connectivity index (χ0) is 38.0. The van der Waals surface area contributed by atoms with Crippen molar-refractivity contribution in [3.63, 3.8) is 0 Å². The van der Waals surface area contributed by atoms with Gasteiger partial charge in [-0.2, -0.15) is 0 Å². The Morgan fingerprint density at radius 2 is 0.981 bits per heavy atom. The zero-order valence-corrected chi connectivity index (χ0v) is 34.8. The molecule has 2 aliphatic heterocycles. The molecular weight excluding hydrogens is 670 g/mol. The standard InChI is InChI=1S/C44H83NO8/c1-4-6-8-10-18-24-33-50-42(46)28-20-14-12-16-22-31-48-37-40-41(53-44(52-40)35-39-27-26-30-45(3)36-39)38-49-32-23-17-13-15-21-29-43(47)51-34-25-19-11-9-7-5-2/h39-41,44H,4-38H2,1-3H3. The predicted octanol–water partition coefficient (Wildman–Crippen LogP) is 10.4. The second-order valence-corrected chi connectivity index (χ2v) is 15.9. The van der Waals surface area contributed by atoms with Crippen LogP contribution in [0, 0.1) is 5.92 Å². The van der Waals surface area contributed by atoms with Gasteiger partial charge >= 0.3 is 11.9 Å². The van der Waals surface area contributed by atoms with Crippen LogP contribution in [-0.4, -0.2) is 95.1 Å². The first-order valence-electron chi connectivity index (χ1n) is 22.5. The van der Waals surface area contributed by atoms with Crippen molar-refractivity contribution < 1.29 is 38.0 Å². The summed E-state index contributed by atoms with van der Waals surface area (Å²) in [7, 11) is 2.20. The van der Waals surface area contributed by atoms with Gasteiger partial charge in [0, 0.05) is 39.0 Å². The number of ether oxygens (including phenoxy) is 6. The summed E-state index contributed by atoms with van der Waals surface area (Å²) in [4.78, 5) is 26.4. The molecule has 2 rings (SSSR count). The Hall–Kier alpha value is -1.26. The lowest BCUT2D eigenvalue weighted by molar-refractivity contribution is -0.144. The third-order valence-electron chi connectivity index (χ3n) is 10.7. The molecule has 0 spiro atoms. The summed E-state index contributed by atoms with van der Waals surface area (Å²) in [6, 6.07) is 0. The lowest BCUT2D eigenvalue weighted by Crippen LogP contribution is -2.34. The first-order valence-corrected chi connectivity index (χ1v) is 22.5. The molecule has 53 heavy (non-hydrogen) atoms. The largest absolute Gasteiger partial charge is 0.466 e. The van der Waals surface area contributed by atoms with Crippen LogP contribution in [0.25, 0.3) is 0 Å². The highest BCUT2D eigenvalue weighted by Crippen LogP contribution is 2.28. The molecule has 0 aromatic carbocycles. The maximum absolute atomic E-state index is 12.0. The fourth-order valence-electron chi connectivity index (χ4n) is 7.43. The van der Waals surface area contributed by atoms with E-state index in [1.165, 1.54) is 70.8 Å². The second kappa shape index (κ2) is 34.0. The average molecular weight is 754 g/mol. The molecule has 0 aromatic rings. The molecule has 2 aliphatic rings. The number of piperidine rings is 1. The van der Waals surface area contributed by atoms with Crippen LogP contribution in [0.5, 0.6) is 0 Å². The van der Waals surface area contributed by atoms with Gasteiger partial charge in [0.05, 0.1) is 26.4 Å². The quantitative estimate of drug-likeness (QED) is 0.0458. The highest BCUT2D eigenvalue weighted by Gasteiger charge is 2.38. The van der Waals surface area contributed by atoms with Gasteiger partial charge in [-0.25, -0.2) is 0 Å². The van der Waals surface area contributed by atoms with Gasteiger partial charge in [-0.05, 0) is 70.9 Å². The van der Waals surface area contributed by atoms with E-state index in [0.29, 0.717) is 58.4 Å². The lowest BCUT2D eigenvalue weighted by atomic mass is 9.95. The molecule has 3 unspecified atom stereocenters. The van der Waals surface area contributed by atoms with Crippen LogP contribution < -0.4 is 0 Å². The minimum atomic E-state index is -0.191. The van der Waals surface area contributed by atoms with Crippen molar-refractivity contribution in [2.75, 3.05) is 59.8 Å². The molecule has 2 fully saturated rings. The second-order valence-electron chi connectivity index (χ2n) is 15.9. The number of esters is 2. The number of rotatable bonds is 36. The van der Waals surface area contributed by atoms with Gasteiger partial charge in [-0.3, -0.25) is 9.59 Å². The Labute approximate surface area is 325 Å². The topological polar surface area (TPSA) is 92.8 Å². The summed E-state index contributed by atoms with van der Waals surface area (Å²) in [6.07, 6.45) is 28.9. The molecule has 0 aromatic heterocycles. The van der Waals surface area contributed by atoms with Gasteiger partial charge in [0.1, 0.15) is 12.2 Å². The fraction of sp³-hybridized carbons (Fsp3) is 0.955. The molecule has 2 heterocycles. The van der Waals surface area contributed by atoms with Crippen molar-refractivity contribution >= 4 is 11.9 Å². The molecule has 0 amide bonds. The fourth-order valence-corrected chi connectivity index (χ4v) is 7.43. The highest BCUT2D eigenvalue weighted by molar-refractivity contribution is 5.69. The molecule has 0 aliphatic carbocycles. The van der Waals surface area contributed by atoms with E-state index in [4.69, 9.17) is 28.4 Å². The molecule has 0 radical (unpaired) electrons. The first-order chi connectivity index (χ1) is 26.0. The summed E-state index contributed by atoms with van der Waals surface area (Å²) in [5.41, 5.74) is 0. The van der Waals surface area contributed by atoms with E-state index in [-0.39, 0.29) is 30.4 Å². The summed E-state index contributed by atoms with van der Waals surface area (Å²) in [5.74, 6) is 0.513. The van der Waals surface area contributed by atoms with Crippen LogP contribution in [0.3, 0.4) is 0 Å². The Balaban J connectivity index is 1.52. The van der Waals surface area contributed by atoms with E-state index in [1.54, 1.807) is 0 Å². The summed E-state index contributed by atoms with van der Waals surface area (Å²) < 4.78 is 35.8. The summed E-state index contributed by atoms with van der Waals surface area (Å²) in [6.45, 7) is 10.4. The molecule has 0 bridgehead atoms. The monoisotopic (exact) mass is 754 g/mol. The smallest absolute Gasteiger partial charge is 0.305 e. The minimum Gasteiger partial charge on any atom is -0.466 e. The molecule has 9 nitrogen and oxygen atoms in total. The predicted molar refractivity (Wildman–Crippen MR) is 214 cm³/mol. The number of carbonyl (C=O) groups excluding carboxylic acids is 2. The van der Waals surface area contributed by atoms with Crippen LogP contribution in [0.2, 0.25) is 0 Å². The molecule has 0 saturated carbocycles. The normalized spacial score (nSPS) is 20.6. The van der Waals surface area contributed by atoms with Gasteiger partial charge in [0.15, 0.2) is 6.29 Å². The first kappa shape index (κ1) is 47.9. The third kappa shape index (κ3) is 27.1. The van der Waals surface area contributed by atoms with Crippen molar-refractivity contribution in [1.82, 2.24) is 4.90 Å². The number of likely N-dealkylation sites (tertiary alicyclic amines) is 1. The van der Waals surface area contributed by atoms with E-state index in [1.807, 2.05) is 0 Å². The van der Waals surface area contributed by atoms with E-state index < -0.39 is 0 Å². The minimum absolute atomic E-state index is 0.0440. The Morgan fingerprint density at radius 1 is 0.566 bits per heavy atom. The van der Waals surface area contributed by atoms with Crippen molar-refractivity contribution in [3.05, 3.63) is 0 Å². The average Bonchev–Trinajstić information content (AvgIpc) is 3.53. The van der Waals surface area contributed by atoms with Gasteiger partial charge in [0.2, 0.25) is 0 Å². The molecular formula is C44H83NO8. The van der Waals surface area contributed by atoms with Gasteiger partial charge in [-0.1, -0.05) is 117 Å². The van der Waals surface area contributed by atoms with E-state index >= 15 is 0 Å². The van der Waals surface area contributed by atoms with E-state index in [0.717, 1.165) is 103 Å². The Morgan fingerprint density at radius 3 is 1.43 bits per heavy atom. The number of unbranched alkanes of at least 4 members (excludes halogenated alkanes) is 18. The summed E-state index contributed by atoms with van der Waals surface area (Å²) in [5, 5.41) is 0. The number of nitrogens with zero attached hydrogens (tertiary/aromatic N) is 1. The number of carbonyl (C=O) groups is 2. The molecule has 9 heteroatoms. The zero-order valence-electron chi connectivity index (χ0n) is 34.8. The van der Waals surface area contributed by atoms with Gasteiger partial charge in [0.25, 0.3) is 0 Å². The number of hydrogen-bond donors (Lipinski definition) is 0. The summed E-state index contributed by atoms with van der Waals surface area (Å²) >= 11 is 0. The van der Waals surface area contributed by atoms with Crippen molar-refractivity contribution in [2.45, 2.75) is 206 Å². The van der Waals surface area contributed by atoms with Crippen LogP contribution in [0.4, 0.5) is 0 Å². The maximum atomic E-state index is 12.0. The van der Waals surface area contributed by atoms with Crippen molar-refractivity contribution in [2.24, 2.45) is 5.92 Å². The number of hydrogen-bond acceptors (Lipinski definition) is 9. The molecule has 2 saturated heterocycles. The third-order valence-corrected chi connectivity index (χ3v) is 10.7. The van der Waals surface area contributed by atoms with E-state index in [9.17, 15) is 9.59 Å². The van der Waals surface area contributed by atoms with Crippen molar-refractivity contribution in [3.8, 4) is 0 Å². The Kier molecular flexibility index (Phi) is 30.7. The Bertz CT molecular complexity index is 803. The van der Waals surface area contributed by atoms with E-state index in [2.05, 4.69) is 25.8 Å². The molecule has 3 atom stereocenters. The SMILES string of the molecule is CCCCCCCCOC(=O)CCCCCCCOCC1OC(CC2CCCN(C)C2)OC1COCCCCCCCC(=O)OCCCCCCCC. The van der Waals surface area contributed by atoms with Crippen molar-refractivity contribution in [1.29, 1.82) is 0 Å².